The first kappa shape index (κ1) is 15.1. The quantitative estimate of drug-likeness (QED) is 0.852. The maximum Gasteiger partial charge on any atom is 0.337 e. The third-order valence-electron chi connectivity index (χ3n) is 3.41. The lowest BCUT2D eigenvalue weighted by Crippen LogP contribution is -2.08. The van der Waals surface area contributed by atoms with E-state index in [1.54, 1.807) is 6.07 Å². The van der Waals surface area contributed by atoms with Gasteiger partial charge in [0.2, 0.25) is 0 Å². The van der Waals surface area contributed by atoms with Crippen molar-refractivity contribution in [3.05, 3.63) is 64.7 Å². The minimum Gasteiger partial charge on any atom is -0.465 e. The predicted octanol–water partition coefficient (Wildman–Crippen LogP) is 4.26. The van der Waals surface area contributed by atoms with Gasteiger partial charge < -0.3 is 10.1 Å². The van der Waals surface area contributed by atoms with Crippen LogP contribution in [-0.4, -0.2) is 13.1 Å². The Morgan fingerprint density at radius 2 is 1.76 bits per heavy atom. The molecule has 2 aromatic rings. The summed E-state index contributed by atoms with van der Waals surface area (Å²) in [5, 5.41) is 3.42. The zero-order valence-corrected chi connectivity index (χ0v) is 12.9. The highest BCUT2D eigenvalue weighted by molar-refractivity contribution is 5.90. The molecule has 0 spiro atoms. The number of esters is 1. The van der Waals surface area contributed by atoms with Gasteiger partial charge in [-0.15, -0.1) is 0 Å². The summed E-state index contributed by atoms with van der Waals surface area (Å²) >= 11 is 0. The highest BCUT2D eigenvalue weighted by atomic mass is 16.5. The van der Waals surface area contributed by atoms with E-state index in [0.29, 0.717) is 5.56 Å². The number of rotatable bonds is 4. The molecule has 1 N–H and O–H groups in total. The number of hydrogen-bond acceptors (Lipinski definition) is 3. The number of methoxy groups -OCH3 is 1. The molecule has 0 aromatic heterocycles. The molecule has 110 valence electrons. The first-order valence-corrected chi connectivity index (χ1v) is 7.02. The van der Waals surface area contributed by atoms with E-state index in [2.05, 4.69) is 44.3 Å². The molecule has 0 heterocycles. The Balaban J connectivity index is 2.19. The number of carbonyl (C=O) groups excluding carboxylic acids is 1. The molecule has 0 saturated heterocycles. The smallest absolute Gasteiger partial charge is 0.337 e. The standard InChI is InChI=1S/C18H21NO2/c1-12-8-13(2)10-16(9-12)14(3)19-17-7-5-6-15(11-17)18(20)21-4/h5-11,14,19H,1-4H3. The lowest BCUT2D eigenvalue weighted by Gasteiger charge is -2.17. The van der Waals surface area contributed by atoms with Gasteiger partial charge in [0, 0.05) is 11.7 Å². The van der Waals surface area contributed by atoms with E-state index >= 15 is 0 Å². The van der Waals surface area contributed by atoms with Crippen molar-refractivity contribution in [1.82, 2.24) is 0 Å². The van der Waals surface area contributed by atoms with E-state index in [1.165, 1.54) is 23.8 Å². The minimum atomic E-state index is -0.322. The summed E-state index contributed by atoms with van der Waals surface area (Å²) in [7, 11) is 1.39. The van der Waals surface area contributed by atoms with E-state index in [-0.39, 0.29) is 12.0 Å². The number of carbonyl (C=O) groups is 1. The van der Waals surface area contributed by atoms with Crippen LogP contribution in [0.15, 0.2) is 42.5 Å². The Hall–Kier alpha value is -2.29. The first-order chi connectivity index (χ1) is 9.99. The van der Waals surface area contributed by atoms with Crippen LogP contribution in [0.4, 0.5) is 5.69 Å². The summed E-state index contributed by atoms with van der Waals surface area (Å²) in [6.07, 6.45) is 0. The fraction of sp³-hybridized carbons (Fsp3) is 0.278. The monoisotopic (exact) mass is 283 g/mol. The number of ether oxygens (including phenoxy) is 1. The molecule has 1 atom stereocenters. The second-order valence-corrected chi connectivity index (χ2v) is 5.36. The van der Waals surface area contributed by atoms with Gasteiger partial charge in [0.25, 0.3) is 0 Å². The molecule has 3 heteroatoms. The number of anilines is 1. The van der Waals surface area contributed by atoms with Crippen molar-refractivity contribution in [2.75, 3.05) is 12.4 Å². The maximum atomic E-state index is 11.6. The lowest BCUT2D eigenvalue weighted by atomic mass is 10.0. The Kier molecular flexibility index (Phi) is 4.63. The fourth-order valence-electron chi connectivity index (χ4n) is 2.45. The molecule has 0 fully saturated rings. The van der Waals surface area contributed by atoms with Crippen molar-refractivity contribution < 1.29 is 9.53 Å². The normalized spacial score (nSPS) is 11.8. The SMILES string of the molecule is COC(=O)c1cccc(NC(C)c2cc(C)cc(C)c2)c1. The van der Waals surface area contributed by atoms with Crippen LogP contribution in [0.1, 0.15) is 40.0 Å². The van der Waals surface area contributed by atoms with Crippen LogP contribution in [0.25, 0.3) is 0 Å². The van der Waals surface area contributed by atoms with Crippen molar-refractivity contribution in [3.8, 4) is 0 Å². The molecule has 2 rings (SSSR count). The molecule has 0 aliphatic rings. The zero-order chi connectivity index (χ0) is 15.4. The van der Waals surface area contributed by atoms with Gasteiger partial charge >= 0.3 is 5.97 Å². The number of benzene rings is 2. The van der Waals surface area contributed by atoms with Gasteiger partial charge in [-0.2, -0.15) is 0 Å². The van der Waals surface area contributed by atoms with E-state index in [9.17, 15) is 4.79 Å². The van der Waals surface area contributed by atoms with Crippen molar-refractivity contribution in [2.24, 2.45) is 0 Å². The van der Waals surface area contributed by atoms with E-state index in [1.807, 2.05) is 18.2 Å². The maximum absolute atomic E-state index is 11.6. The number of hydrogen-bond donors (Lipinski definition) is 1. The van der Waals surface area contributed by atoms with Crippen LogP contribution in [0.2, 0.25) is 0 Å². The zero-order valence-electron chi connectivity index (χ0n) is 12.9. The van der Waals surface area contributed by atoms with E-state index in [4.69, 9.17) is 4.74 Å². The van der Waals surface area contributed by atoms with Crippen LogP contribution in [0.3, 0.4) is 0 Å². The van der Waals surface area contributed by atoms with Crippen LogP contribution >= 0.6 is 0 Å². The van der Waals surface area contributed by atoms with Gasteiger partial charge in [-0.25, -0.2) is 4.79 Å². The van der Waals surface area contributed by atoms with Crippen molar-refractivity contribution in [2.45, 2.75) is 26.8 Å². The summed E-state index contributed by atoms with van der Waals surface area (Å²) in [5.74, 6) is -0.322. The second-order valence-electron chi connectivity index (χ2n) is 5.36. The molecule has 0 saturated carbocycles. The van der Waals surface area contributed by atoms with Crippen LogP contribution in [0.5, 0.6) is 0 Å². The Morgan fingerprint density at radius 3 is 2.38 bits per heavy atom. The highest BCUT2D eigenvalue weighted by Crippen LogP contribution is 2.22. The van der Waals surface area contributed by atoms with Gasteiger partial charge in [0.15, 0.2) is 0 Å². The molecule has 0 bridgehead atoms. The Morgan fingerprint density at radius 1 is 1.10 bits per heavy atom. The van der Waals surface area contributed by atoms with Gasteiger partial charge in [-0.1, -0.05) is 35.4 Å². The molecule has 2 aromatic carbocycles. The summed E-state index contributed by atoms with van der Waals surface area (Å²) in [4.78, 5) is 11.6. The van der Waals surface area contributed by atoms with Crippen molar-refractivity contribution >= 4 is 11.7 Å². The molecular formula is C18H21NO2. The number of nitrogens with one attached hydrogen (secondary N) is 1. The molecule has 21 heavy (non-hydrogen) atoms. The van der Waals surface area contributed by atoms with Crippen LogP contribution in [-0.2, 0) is 4.74 Å². The number of aryl methyl sites for hydroxylation is 2. The fourth-order valence-corrected chi connectivity index (χ4v) is 2.45. The topological polar surface area (TPSA) is 38.3 Å². The lowest BCUT2D eigenvalue weighted by molar-refractivity contribution is 0.0601. The van der Waals surface area contributed by atoms with Gasteiger partial charge in [0.1, 0.15) is 0 Å². The summed E-state index contributed by atoms with van der Waals surface area (Å²) in [6.45, 7) is 6.31. The highest BCUT2D eigenvalue weighted by Gasteiger charge is 2.09. The molecule has 3 nitrogen and oxygen atoms in total. The third-order valence-corrected chi connectivity index (χ3v) is 3.41. The van der Waals surface area contributed by atoms with E-state index in [0.717, 1.165) is 5.69 Å². The summed E-state index contributed by atoms with van der Waals surface area (Å²) in [6, 6.07) is 14.0. The average Bonchev–Trinajstić information content (AvgIpc) is 2.45. The Bertz CT molecular complexity index is 629. The summed E-state index contributed by atoms with van der Waals surface area (Å²) in [5.41, 5.74) is 5.19. The second kappa shape index (κ2) is 6.44. The van der Waals surface area contributed by atoms with Crippen LogP contribution in [0, 0.1) is 13.8 Å². The first-order valence-electron chi connectivity index (χ1n) is 7.02. The van der Waals surface area contributed by atoms with Crippen molar-refractivity contribution in [3.63, 3.8) is 0 Å². The van der Waals surface area contributed by atoms with Gasteiger partial charge in [-0.05, 0) is 44.5 Å². The molecule has 1 unspecified atom stereocenters. The molecule has 0 aliphatic carbocycles. The summed E-state index contributed by atoms with van der Waals surface area (Å²) < 4.78 is 4.75. The average molecular weight is 283 g/mol. The molecular weight excluding hydrogens is 262 g/mol. The van der Waals surface area contributed by atoms with E-state index < -0.39 is 0 Å². The molecule has 0 aliphatic heterocycles. The predicted molar refractivity (Wildman–Crippen MR) is 85.7 cm³/mol. The van der Waals surface area contributed by atoms with Gasteiger partial charge in [0.05, 0.1) is 12.7 Å². The van der Waals surface area contributed by atoms with Crippen LogP contribution < -0.4 is 5.32 Å². The largest absolute Gasteiger partial charge is 0.465 e. The molecule has 0 amide bonds. The Labute approximate surface area is 126 Å². The van der Waals surface area contributed by atoms with Crippen molar-refractivity contribution in [1.29, 1.82) is 0 Å². The van der Waals surface area contributed by atoms with Gasteiger partial charge in [-0.3, -0.25) is 0 Å². The third kappa shape index (κ3) is 3.85. The molecule has 0 radical (unpaired) electrons. The minimum absolute atomic E-state index is 0.163.